The fraction of sp³-hybridized carbons (Fsp3) is 0.182. The molecule has 0 aliphatic carbocycles. The van der Waals surface area contributed by atoms with Crippen molar-refractivity contribution in [2.45, 2.75) is 19.6 Å². The van der Waals surface area contributed by atoms with E-state index in [2.05, 4.69) is 21.4 Å². The van der Waals surface area contributed by atoms with Gasteiger partial charge in [-0.3, -0.25) is 0 Å². The van der Waals surface area contributed by atoms with Crippen LogP contribution in [0.1, 0.15) is 29.8 Å². The first-order valence-electron chi connectivity index (χ1n) is 9.55. The van der Waals surface area contributed by atoms with Gasteiger partial charge in [-0.15, -0.1) is 0 Å². The van der Waals surface area contributed by atoms with Crippen LogP contribution in [0.15, 0.2) is 42.4 Å². The van der Waals surface area contributed by atoms with E-state index in [9.17, 15) is 9.65 Å². The molecule has 3 heterocycles. The van der Waals surface area contributed by atoms with E-state index in [1.807, 2.05) is 0 Å². The number of nitriles is 1. The number of nitrogens with one attached hydrogen (secondary N) is 2. The summed E-state index contributed by atoms with van der Waals surface area (Å²) in [5, 5.41) is 20.7. The zero-order chi connectivity index (χ0) is 22.1. The molecule has 0 fully saturated rings. The molecule has 2 bridgehead atoms. The summed E-state index contributed by atoms with van der Waals surface area (Å²) >= 11 is 0. The number of hydrogen-bond donors (Lipinski definition) is 3. The number of aromatic nitrogens is 3. The van der Waals surface area contributed by atoms with E-state index in [1.165, 1.54) is 18.3 Å². The summed E-state index contributed by atoms with van der Waals surface area (Å²) < 4.78 is 22.0. The Morgan fingerprint density at radius 3 is 2.90 bits per heavy atom. The quantitative estimate of drug-likeness (QED) is 0.550. The molecule has 9 heteroatoms. The summed E-state index contributed by atoms with van der Waals surface area (Å²) in [7, 11) is 1.74. The van der Waals surface area contributed by atoms with Crippen molar-refractivity contribution in [1.29, 1.82) is 10.7 Å². The zero-order valence-corrected chi connectivity index (χ0v) is 17.0. The highest BCUT2D eigenvalue weighted by molar-refractivity contribution is 5.89. The number of halogens is 1. The molecular formula is C22H20FN7O. The lowest BCUT2D eigenvalue weighted by molar-refractivity contribution is 0.227. The maximum Gasteiger partial charge on any atom is 0.166 e. The molecule has 0 spiro atoms. The molecule has 1 atom stereocenters. The Balaban J connectivity index is 2.06. The third-order valence-electron chi connectivity index (χ3n) is 5.21. The molecule has 0 saturated carbocycles. The van der Waals surface area contributed by atoms with Gasteiger partial charge in [-0.05, 0) is 31.2 Å². The SMILES string of the molecule is CN/C1=C(\C=N)Cn2cnc(C#N)c2-c2cnc(N)c(c2)OC(C)c2cc(F)ccc21. The third-order valence-corrected chi connectivity index (χ3v) is 5.21. The van der Waals surface area contributed by atoms with Crippen LogP contribution in [0.4, 0.5) is 10.2 Å². The number of anilines is 1. The van der Waals surface area contributed by atoms with Crippen LogP contribution in [0.25, 0.3) is 17.0 Å². The van der Waals surface area contributed by atoms with Gasteiger partial charge in [-0.25, -0.2) is 14.4 Å². The lowest BCUT2D eigenvalue weighted by Crippen LogP contribution is -2.17. The van der Waals surface area contributed by atoms with Crippen molar-refractivity contribution in [1.82, 2.24) is 19.9 Å². The van der Waals surface area contributed by atoms with Crippen molar-refractivity contribution in [2.24, 2.45) is 0 Å². The van der Waals surface area contributed by atoms with E-state index >= 15 is 0 Å². The van der Waals surface area contributed by atoms with E-state index in [0.29, 0.717) is 39.4 Å². The standard InChI is InChI=1S/C22H20FN7O/c1-12-17-6-15(23)3-4-16(17)20(27-2)14(7-24)10-30-11-29-18(8-25)21(30)13-5-19(31-12)22(26)28-9-13/h3-7,9,11-12,24,27H,10H2,1-2H3,(H2,26,28)/b20-14+,24-7?. The number of benzene rings is 1. The maximum atomic E-state index is 14.2. The highest BCUT2D eigenvalue weighted by Crippen LogP contribution is 2.35. The van der Waals surface area contributed by atoms with Gasteiger partial charge in [-0.2, -0.15) is 5.26 Å². The largest absolute Gasteiger partial charge is 0.482 e. The summed E-state index contributed by atoms with van der Waals surface area (Å²) in [6, 6.07) is 8.22. The highest BCUT2D eigenvalue weighted by atomic mass is 19.1. The van der Waals surface area contributed by atoms with Gasteiger partial charge in [0.25, 0.3) is 0 Å². The van der Waals surface area contributed by atoms with Gasteiger partial charge in [0.15, 0.2) is 17.3 Å². The molecule has 4 rings (SSSR count). The predicted molar refractivity (Wildman–Crippen MR) is 115 cm³/mol. The van der Waals surface area contributed by atoms with Gasteiger partial charge in [0.2, 0.25) is 0 Å². The first-order chi connectivity index (χ1) is 15.0. The topological polar surface area (TPSA) is 126 Å². The number of pyridine rings is 1. The molecule has 2 aromatic heterocycles. The smallest absolute Gasteiger partial charge is 0.166 e. The first-order valence-corrected chi connectivity index (χ1v) is 9.55. The number of allylic oxidation sites excluding steroid dienone is 1. The Morgan fingerprint density at radius 1 is 1.39 bits per heavy atom. The van der Waals surface area contributed by atoms with Gasteiger partial charge < -0.3 is 25.8 Å². The number of fused-ring (bicyclic) bond motifs is 5. The summed E-state index contributed by atoms with van der Waals surface area (Å²) in [4.78, 5) is 8.43. The number of ether oxygens (including phenoxy) is 1. The van der Waals surface area contributed by atoms with Crippen LogP contribution in [0.2, 0.25) is 0 Å². The van der Waals surface area contributed by atoms with Crippen molar-refractivity contribution in [3.8, 4) is 23.1 Å². The monoisotopic (exact) mass is 417 g/mol. The number of rotatable bonds is 2. The van der Waals surface area contributed by atoms with Crippen LogP contribution in [-0.4, -0.2) is 27.8 Å². The van der Waals surface area contributed by atoms with E-state index in [1.54, 1.807) is 43.2 Å². The van der Waals surface area contributed by atoms with Crippen LogP contribution >= 0.6 is 0 Å². The second kappa shape index (κ2) is 7.91. The minimum absolute atomic E-state index is 0.180. The van der Waals surface area contributed by atoms with Gasteiger partial charge in [0.05, 0.1) is 18.6 Å². The summed E-state index contributed by atoms with van der Waals surface area (Å²) in [5.41, 5.74) is 9.96. The number of nitrogens with zero attached hydrogens (tertiary/aromatic N) is 4. The lowest BCUT2D eigenvalue weighted by Gasteiger charge is -2.23. The summed E-state index contributed by atoms with van der Waals surface area (Å²) in [6.07, 6.45) is 3.76. The van der Waals surface area contributed by atoms with Gasteiger partial charge >= 0.3 is 0 Å². The Morgan fingerprint density at radius 2 is 2.19 bits per heavy atom. The Bertz CT molecular complexity index is 1260. The molecule has 3 aromatic rings. The van der Waals surface area contributed by atoms with Gasteiger partial charge in [0, 0.05) is 47.4 Å². The Labute approximate surface area is 178 Å². The first kappa shape index (κ1) is 20.1. The molecule has 0 radical (unpaired) electrons. The maximum absolute atomic E-state index is 14.2. The molecule has 1 unspecified atom stereocenters. The predicted octanol–water partition coefficient (Wildman–Crippen LogP) is 3.27. The lowest BCUT2D eigenvalue weighted by atomic mass is 9.97. The number of imidazole rings is 1. The number of hydrogen-bond acceptors (Lipinski definition) is 7. The summed E-state index contributed by atoms with van der Waals surface area (Å²) in [6.45, 7) is 2.05. The minimum Gasteiger partial charge on any atom is -0.482 e. The van der Waals surface area contributed by atoms with Gasteiger partial charge in [-0.1, -0.05) is 0 Å². The van der Waals surface area contributed by atoms with Gasteiger partial charge in [0.1, 0.15) is 18.0 Å². The van der Waals surface area contributed by atoms with Crippen LogP contribution < -0.4 is 15.8 Å². The number of nitrogens with two attached hydrogens (primary N) is 1. The summed E-state index contributed by atoms with van der Waals surface area (Å²) in [5.74, 6) is 0.1000. The molecule has 4 N–H and O–H groups in total. The van der Waals surface area contributed by atoms with Crippen molar-refractivity contribution in [2.75, 3.05) is 12.8 Å². The fourth-order valence-corrected chi connectivity index (χ4v) is 3.77. The molecule has 1 aliphatic rings. The molecule has 156 valence electrons. The normalized spacial score (nSPS) is 17.8. The highest BCUT2D eigenvalue weighted by Gasteiger charge is 2.23. The number of nitrogen functional groups attached to an aromatic ring is 1. The third kappa shape index (κ3) is 3.48. The average molecular weight is 417 g/mol. The molecule has 1 aromatic carbocycles. The molecule has 8 nitrogen and oxygen atoms in total. The van der Waals surface area contributed by atoms with Crippen LogP contribution in [0, 0.1) is 22.6 Å². The van der Waals surface area contributed by atoms with E-state index in [-0.39, 0.29) is 18.1 Å². The van der Waals surface area contributed by atoms with Crippen molar-refractivity contribution < 1.29 is 9.13 Å². The molecule has 1 aliphatic heterocycles. The van der Waals surface area contributed by atoms with Crippen molar-refractivity contribution >= 4 is 17.7 Å². The minimum atomic E-state index is -0.569. The molecule has 31 heavy (non-hydrogen) atoms. The van der Waals surface area contributed by atoms with E-state index < -0.39 is 11.9 Å². The Kier molecular flexibility index (Phi) is 5.13. The molecular weight excluding hydrogens is 397 g/mol. The van der Waals surface area contributed by atoms with E-state index in [0.717, 1.165) is 0 Å². The fourth-order valence-electron chi connectivity index (χ4n) is 3.77. The van der Waals surface area contributed by atoms with E-state index in [4.69, 9.17) is 15.9 Å². The van der Waals surface area contributed by atoms with Crippen LogP contribution in [0.5, 0.6) is 5.75 Å². The second-order valence-electron chi connectivity index (χ2n) is 7.08. The molecule has 0 amide bonds. The molecule has 0 saturated heterocycles. The van der Waals surface area contributed by atoms with Crippen molar-refractivity contribution in [3.05, 3.63) is 65.0 Å². The van der Waals surface area contributed by atoms with Crippen LogP contribution in [-0.2, 0) is 6.54 Å². The zero-order valence-electron chi connectivity index (χ0n) is 17.0. The second-order valence-corrected chi connectivity index (χ2v) is 7.08. The van der Waals surface area contributed by atoms with Crippen LogP contribution in [0.3, 0.4) is 0 Å². The average Bonchev–Trinajstić information content (AvgIpc) is 3.17. The van der Waals surface area contributed by atoms with Crippen molar-refractivity contribution in [3.63, 3.8) is 0 Å². The Hall–Kier alpha value is -4.19.